The number of aliphatic carboxylic acids is 1. The van der Waals surface area contributed by atoms with Crippen LogP contribution in [-0.2, 0) is 16.0 Å². The average Bonchev–Trinajstić information content (AvgIpc) is 2.84. The van der Waals surface area contributed by atoms with Gasteiger partial charge in [0.15, 0.2) is 0 Å². The van der Waals surface area contributed by atoms with Gasteiger partial charge in [0, 0.05) is 34.4 Å². The summed E-state index contributed by atoms with van der Waals surface area (Å²) < 4.78 is 0.937. The fourth-order valence-electron chi connectivity index (χ4n) is 2.95. The van der Waals surface area contributed by atoms with Gasteiger partial charge in [-0.1, -0.05) is 22.4 Å². The minimum Gasteiger partial charge on any atom is -0.480 e. The third-order valence-corrected chi connectivity index (χ3v) is 4.98. The summed E-state index contributed by atoms with van der Waals surface area (Å²) in [6, 6.07) is 4.92. The number of aromatic nitrogens is 1. The van der Waals surface area contributed by atoms with Gasteiger partial charge in [0.2, 0.25) is 5.91 Å². The summed E-state index contributed by atoms with van der Waals surface area (Å²) in [7, 11) is 0. The standard InChI is InChI=1S/C17H19BrN2O3/c18-12-4-5-14-13(8-12)11(9-19-14)7-15(17(22)23)20-16(21)6-10-2-1-3-10/h4-5,8-10,15,19H,1-3,6-7H2,(H,20,21)(H,22,23). The van der Waals surface area contributed by atoms with Gasteiger partial charge in [-0.2, -0.15) is 0 Å². The van der Waals surface area contributed by atoms with Gasteiger partial charge in [0.05, 0.1) is 0 Å². The van der Waals surface area contributed by atoms with E-state index in [1.54, 1.807) is 0 Å². The molecule has 1 heterocycles. The quantitative estimate of drug-likeness (QED) is 0.721. The number of H-pyrrole nitrogens is 1. The molecule has 0 aliphatic heterocycles. The van der Waals surface area contributed by atoms with Gasteiger partial charge < -0.3 is 15.4 Å². The normalized spacial score (nSPS) is 16.0. The van der Waals surface area contributed by atoms with Crippen LogP contribution in [0.3, 0.4) is 0 Å². The number of nitrogens with one attached hydrogen (secondary N) is 2. The number of carbonyl (C=O) groups excluding carboxylic acids is 1. The van der Waals surface area contributed by atoms with Crippen molar-refractivity contribution in [3.05, 3.63) is 34.4 Å². The molecule has 5 nitrogen and oxygen atoms in total. The van der Waals surface area contributed by atoms with Gasteiger partial charge in [0.25, 0.3) is 0 Å². The predicted octanol–water partition coefficient (Wildman–Crippen LogP) is 3.23. The van der Waals surface area contributed by atoms with E-state index < -0.39 is 12.0 Å². The lowest BCUT2D eigenvalue weighted by Gasteiger charge is -2.25. The molecule has 1 atom stereocenters. The summed E-state index contributed by atoms with van der Waals surface area (Å²) >= 11 is 3.43. The Morgan fingerprint density at radius 2 is 2.17 bits per heavy atom. The summed E-state index contributed by atoms with van der Waals surface area (Å²) in [6.45, 7) is 0. The van der Waals surface area contributed by atoms with Gasteiger partial charge in [-0.25, -0.2) is 4.79 Å². The Labute approximate surface area is 142 Å². The molecule has 0 saturated heterocycles. The summed E-state index contributed by atoms with van der Waals surface area (Å²) in [6.07, 6.45) is 5.82. The van der Waals surface area contributed by atoms with E-state index in [0.717, 1.165) is 33.8 Å². The zero-order valence-corrected chi connectivity index (χ0v) is 14.2. The lowest BCUT2D eigenvalue weighted by atomic mass is 9.83. The number of carboxylic acids is 1. The van der Waals surface area contributed by atoms with Gasteiger partial charge in [-0.05, 0) is 42.5 Å². The molecule has 0 radical (unpaired) electrons. The van der Waals surface area contributed by atoms with Crippen molar-refractivity contribution in [1.82, 2.24) is 10.3 Å². The van der Waals surface area contributed by atoms with E-state index >= 15 is 0 Å². The first kappa shape index (κ1) is 16.1. The highest BCUT2D eigenvalue weighted by Crippen LogP contribution is 2.29. The van der Waals surface area contributed by atoms with Crippen LogP contribution in [0.5, 0.6) is 0 Å². The zero-order valence-electron chi connectivity index (χ0n) is 12.6. The molecular weight excluding hydrogens is 360 g/mol. The number of halogens is 1. The number of fused-ring (bicyclic) bond motifs is 1. The van der Waals surface area contributed by atoms with Crippen molar-refractivity contribution in [3.8, 4) is 0 Å². The van der Waals surface area contributed by atoms with E-state index in [0.29, 0.717) is 12.3 Å². The van der Waals surface area contributed by atoms with Crippen LogP contribution in [0.25, 0.3) is 10.9 Å². The SMILES string of the molecule is O=C(CC1CCC1)NC(Cc1c[nH]c2ccc(Br)cc12)C(=O)O. The van der Waals surface area contributed by atoms with Crippen LogP contribution in [0.4, 0.5) is 0 Å². The molecule has 1 saturated carbocycles. The number of amides is 1. The molecule has 1 fully saturated rings. The van der Waals surface area contributed by atoms with Crippen LogP contribution >= 0.6 is 15.9 Å². The third kappa shape index (κ3) is 3.75. The Morgan fingerprint density at radius 3 is 2.83 bits per heavy atom. The number of aromatic amines is 1. The fraction of sp³-hybridized carbons (Fsp3) is 0.412. The van der Waals surface area contributed by atoms with Crippen LogP contribution in [-0.4, -0.2) is 28.0 Å². The predicted molar refractivity (Wildman–Crippen MR) is 91.2 cm³/mol. The van der Waals surface area contributed by atoms with E-state index in [2.05, 4.69) is 26.2 Å². The number of hydrogen-bond acceptors (Lipinski definition) is 2. The fourth-order valence-corrected chi connectivity index (χ4v) is 3.31. The number of carbonyl (C=O) groups is 2. The monoisotopic (exact) mass is 378 g/mol. The van der Waals surface area contributed by atoms with Crippen LogP contribution in [0.2, 0.25) is 0 Å². The van der Waals surface area contributed by atoms with Gasteiger partial charge in [-0.15, -0.1) is 0 Å². The molecule has 1 aromatic heterocycles. The summed E-state index contributed by atoms with van der Waals surface area (Å²) in [5, 5.41) is 13.1. The minimum atomic E-state index is -1.00. The molecule has 1 amide bonds. The number of carboxylic acid groups (broad SMARTS) is 1. The first-order chi connectivity index (χ1) is 11.0. The molecule has 0 bridgehead atoms. The number of hydrogen-bond donors (Lipinski definition) is 3. The van der Waals surface area contributed by atoms with E-state index in [1.165, 1.54) is 6.42 Å². The van der Waals surface area contributed by atoms with E-state index in [9.17, 15) is 14.7 Å². The molecule has 3 rings (SSSR count). The zero-order chi connectivity index (χ0) is 16.4. The van der Waals surface area contributed by atoms with E-state index in [1.807, 2.05) is 24.4 Å². The summed E-state index contributed by atoms with van der Waals surface area (Å²) in [4.78, 5) is 26.7. The van der Waals surface area contributed by atoms with Crippen molar-refractivity contribution in [3.63, 3.8) is 0 Å². The van der Waals surface area contributed by atoms with Gasteiger partial charge >= 0.3 is 5.97 Å². The average molecular weight is 379 g/mol. The molecule has 1 unspecified atom stereocenters. The topological polar surface area (TPSA) is 82.2 Å². The molecular formula is C17H19BrN2O3. The molecule has 6 heteroatoms. The maximum Gasteiger partial charge on any atom is 0.326 e. The van der Waals surface area contributed by atoms with Crippen molar-refractivity contribution in [2.45, 2.75) is 38.1 Å². The maximum absolute atomic E-state index is 12.0. The van der Waals surface area contributed by atoms with Crippen LogP contribution in [0.15, 0.2) is 28.9 Å². The minimum absolute atomic E-state index is 0.164. The molecule has 1 aliphatic carbocycles. The molecule has 0 spiro atoms. The van der Waals surface area contributed by atoms with Crippen LogP contribution in [0.1, 0.15) is 31.2 Å². The highest BCUT2D eigenvalue weighted by molar-refractivity contribution is 9.10. The van der Waals surface area contributed by atoms with Crippen molar-refractivity contribution in [2.75, 3.05) is 0 Å². The highest BCUT2D eigenvalue weighted by Gasteiger charge is 2.25. The van der Waals surface area contributed by atoms with Crippen molar-refractivity contribution in [2.24, 2.45) is 5.92 Å². The molecule has 3 N–H and O–H groups in total. The largest absolute Gasteiger partial charge is 0.480 e. The van der Waals surface area contributed by atoms with E-state index in [4.69, 9.17) is 0 Å². The van der Waals surface area contributed by atoms with Gasteiger partial charge in [0.1, 0.15) is 6.04 Å². The first-order valence-corrected chi connectivity index (χ1v) is 8.60. The smallest absolute Gasteiger partial charge is 0.326 e. The van der Waals surface area contributed by atoms with Gasteiger partial charge in [-0.3, -0.25) is 4.79 Å². The summed E-state index contributed by atoms with van der Waals surface area (Å²) in [5.74, 6) is -0.743. The second kappa shape index (κ2) is 6.74. The van der Waals surface area contributed by atoms with Crippen LogP contribution in [0, 0.1) is 5.92 Å². The Balaban J connectivity index is 1.71. The Bertz CT molecular complexity index is 737. The Kier molecular flexibility index (Phi) is 4.71. The molecule has 1 aliphatic rings. The number of benzene rings is 1. The molecule has 122 valence electrons. The highest BCUT2D eigenvalue weighted by atomic mass is 79.9. The lowest BCUT2D eigenvalue weighted by molar-refractivity contribution is -0.142. The molecule has 2 aromatic rings. The maximum atomic E-state index is 12.0. The van der Waals surface area contributed by atoms with E-state index in [-0.39, 0.29) is 12.3 Å². The Hall–Kier alpha value is -1.82. The van der Waals surface area contributed by atoms with Crippen molar-refractivity contribution >= 4 is 38.7 Å². The second-order valence-electron chi connectivity index (χ2n) is 6.17. The molecule has 1 aromatic carbocycles. The Morgan fingerprint density at radius 1 is 1.39 bits per heavy atom. The van der Waals surface area contributed by atoms with Crippen LogP contribution < -0.4 is 5.32 Å². The second-order valence-corrected chi connectivity index (χ2v) is 7.08. The van der Waals surface area contributed by atoms with Crippen molar-refractivity contribution < 1.29 is 14.7 Å². The third-order valence-electron chi connectivity index (χ3n) is 4.49. The first-order valence-electron chi connectivity index (χ1n) is 7.80. The van der Waals surface area contributed by atoms with Crippen molar-refractivity contribution in [1.29, 1.82) is 0 Å². The summed E-state index contributed by atoms with van der Waals surface area (Å²) in [5.41, 5.74) is 1.84. The molecule has 23 heavy (non-hydrogen) atoms. The lowest BCUT2D eigenvalue weighted by Crippen LogP contribution is -2.43. The number of rotatable bonds is 6.